The second kappa shape index (κ2) is 4.35. The number of benzene rings is 1. The Bertz CT molecular complexity index is 763. The van der Waals surface area contributed by atoms with Crippen LogP contribution in [0.15, 0.2) is 28.8 Å². The number of nitrogens with zero attached hydrogens (tertiary/aromatic N) is 1. The summed E-state index contributed by atoms with van der Waals surface area (Å²) in [5.41, 5.74) is 2.86. The van der Waals surface area contributed by atoms with Crippen molar-refractivity contribution >= 4 is 33.4 Å². The van der Waals surface area contributed by atoms with Crippen LogP contribution in [-0.2, 0) is 9.59 Å². The zero-order chi connectivity index (χ0) is 16.0. The third-order valence-corrected chi connectivity index (χ3v) is 7.46. The van der Waals surface area contributed by atoms with Crippen LogP contribution in [0.2, 0.25) is 0 Å². The standard InChI is InChI=1S/C19H18BrNO2/c1-8-9(2)15(6-5-14(8)20)21-18(22)16-10-3-4-11(13-7-12(10)13)17(16)19(21)23/h3-6,10-13,16-17H,7H2,1-2H3/t10-,11-,12-,13-,16-,17+/m0/s1. The van der Waals surface area contributed by atoms with E-state index in [2.05, 4.69) is 28.1 Å². The number of halogens is 1. The molecule has 2 saturated carbocycles. The third-order valence-electron chi connectivity index (χ3n) is 6.60. The number of carbonyl (C=O) groups excluding carboxylic acids is 2. The molecule has 4 aliphatic carbocycles. The van der Waals surface area contributed by atoms with Crippen molar-refractivity contribution in [1.82, 2.24) is 0 Å². The summed E-state index contributed by atoms with van der Waals surface area (Å²) in [4.78, 5) is 27.7. The highest BCUT2D eigenvalue weighted by Gasteiger charge is 2.67. The van der Waals surface area contributed by atoms with Gasteiger partial charge in [-0.2, -0.15) is 0 Å². The summed E-state index contributed by atoms with van der Waals surface area (Å²) in [5, 5.41) is 0. The fraction of sp³-hybridized carbons (Fsp3) is 0.474. The highest BCUT2D eigenvalue weighted by Crippen LogP contribution is 2.65. The smallest absolute Gasteiger partial charge is 0.238 e. The Balaban J connectivity index is 1.61. The van der Waals surface area contributed by atoms with Crippen molar-refractivity contribution in [1.29, 1.82) is 0 Å². The van der Waals surface area contributed by atoms with Crippen LogP contribution in [0.3, 0.4) is 0 Å². The summed E-state index contributed by atoms with van der Waals surface area (Å²) in [7, 11) is 0. The Hall–Kier alpha value is -1.42. The van der Waals surface area contributed by atoms with Crippen LogP contribution in [0, 0.1) is 49.4 Å². The predicted molar refractivity (Wildman–Crippen MR) is 90.8 cm³/mol. The van der Waals surface area contributed by atoms with Gasteiger partial charge in [-0.15, -0.1) is 0 Å². The monoisotopic (exact) mass is 371 g/mol. The van der Waals surface area contributed by atoms with Gasteiger partial charge in [-0.25, -0.2) is 4.90 Å². The van der Waals surface area contributed by atoms with Gasteiger partial charge in [0.1, 0.15) is 0 Å². The Labute approximate surface area is 143 Å². The van der Waals surface area contributed by atoms with E-state index >= 15 is 0 Å². The Morgan fingerprint density at radius 2 is 1.52 bits per heavy atom. The molecule has 0 spiro atoms. The summed E-state index contributed by atoms with van der Waals surface area (Å²) in [5.74, 6) is 1.67. The second-order valence-corrected chi connectivity index (χ2v) is 8.34. The van der Waals surface area contributed by atoms with E-state index in [0.717, 1.165) is 21.3 Å². The highest BCUT2D eigenvalue weighted by atomic mass is 79.9. The average molecular weight is 372 g/mol. The molecule has 3 nitrogen and oxygen atoms in total. The maximum absolute atomic E-state index is 13.1. The number of hydrogen-bond donors (Lipinski definition) is 0. The fourth-order valence-corrected chi connectivity index (χ4v) is 5.64. The molecule has 5 aliphatic rings. The van der Waals surface area contributed by atoms with E-state index < -0.39 is 0 Å². The molecule has 2 amide bonds. The molecule has 1 heterocycles. The molecular weight excluding hydrogens is 354 g/mol. The van der Waals surface area contributed by atoms with Gasteiger partial charge in [0.05, 0.1) is 17.5 Å². The van der Waals surface area contributed by atoms with Gasteiger partial charge in [0.25, 0.3) is 0 Å². The summed E-state index contributed by atoms with van der Waals surface area (Å²) < 4.78 is 1.01. The molecule has 23 heavy (non-hydrogen) atoms. The Morgan fingerprint density at radius 1 is 0.957 bits per heavy atom. The normalized spacial score (nSPS) is 39.7. The van der Waals surface area contributed by atoms with Gasteiger partial charge in [-0.1, -0.05) is 28.1 Å². The maximum Gasteiger partial charge on any atom is 0.238 e. The van der Waals surface area contributed by atoms with Crippen LogP contribution < -0.4 is 4.90 Å². The van der Waals surface area contributed by atoms with E-state index in [1.54, 1.807) is 0 Å². The average Bonchev–Trinajstić information content (AvgIpc) is 3.32. The Kier molecular flexibility index (Phi) is 2.64. The number of anilines is 1. The van der Waals surface area contributed by atoms with Gasteiger partial charge in [0.2, 0.25) is 11.8 Å². The van der Waals surface area contributed by atoms with Crippen molar-refractivity contribution in [3.63, 3.8) is 0 Å². The van der Waals surface area contributed by atoms with Crippen molar-refractivity contribution < 1.29 is 9.59 Å². The lowest BCUT2D eigenvalue weighted by atomic mass is 9.63. The molecular formula is C19H18BrNO2. The van der Waals surface area contributed by atoms with E-state index in [1.165, 1.54) is 11.3 Å². The van der Waals surface area contributed by atoms with Gasteiger partial charge < -0.3 is 0 Å². The molecule has 4 heteroatoms. The molecule has 3 fully saturated rings. The number of amides is 2. The van der Waals surface area contributed by atoms with E-state index in [-0.39, 0.29) is 35.5 Å². The zero-order valence-electron chi connectivity index (χ0n) is 13.1. The molecule has 0 unspecified atom stereocenters. The Morgan fingerprint density at radius 3 is 2.09 bits per heavy atom. The van der Waals surface area contributed by atoms with Crippen LogP contribution in [0.25, 0.3) is 0 Å². The topological polar surface area (TPSA) is 37.4 Å². The number of hydrogen-bond acceptors (Lipinski definition) is 2. The maximum atomic E-state index is 13.1. The van der Waals surface area contributed by atoms with Gasteiger partial charge in [-0.3, -0.25) is 9.59 Å². The number of rotatable bonds is 1. The second-order valence-electron chi connectivity index (χ2n) is 7.48. The van der Waals surface area contributed by atoms with Crippen LogP contribution in [0.5, 0.6) is 0 Å². The summed E-state index contributed by atoms with van der Waals surface area (Å²) in [6.45, 7) is 4.00. The first kappa shape index (κ1) is 14.0. The predicted octanol–water partition coefficient (Wildman–Crippen LogP) is 3.62. The fourth-order valence-electron chi connectivity index (χ4n) is 5.21. The summed E-state index contributed by atoms with van der Waals surface area (Å²) in [6, 6.07) is 3.83. The molecule has 6 rings (SSSR count). The van der Waals surface area contributed by atoms with Crippen molar-refractivity contribution in [2.24, 2.45) is 35.5 Å². The highest BCUT2D eigenvalue weighted by molar-refractivity contribution is 9.10. The first-order chi connectivity index (χ1) is 11.0. The lowest BCUT2D eigenvalue weighted by Gasteiger charge is -2.37. The van der Waals surface area contributed by atoms with E-state index in [9.17, 15) is 9.59 Å². The molecule has 0 aromatic heterocycles. The number of carbonyl (C=O) groups is 2. The SMILES string of the molecule is Cc1c(Br)ccc(N2C(=O)[C@@H]3[C@H]4C=C[C@@H]([C@@H]5C[C@@H]45)[C@@H]3C2=O)c1C. The minimum atomic E-state index is -0.121. The molecule has 2 bridgehead atoms. The third kappa shape index (κ3) is 1.60. The lowest BCUT2D eigenvalue weighted by Crippen LogP contribution is -2.40. The lowest BCUT2D eigenvalue weighted by molar-refractivity contribution is -0.124. The van der Waals surface area contributed by atoms with E-state index in [0.29, 0.717) is 11.8 Å². The first-order valence-electron chi connectivity index (χ1n) is 8.32. The largest absolute Gasteiger partial charge is 0.274 e. The van der Waals surface area contributed by atoms with Gasteiger partial charge in [0.15, 0.2) is 0 Å². The van der Waals surface area contributed by atoms with E-state index in [4.69, 9.17) is 0 Å². The van der Waals surface area contributed by atoms with Crippen molar-refractivity contribution in [3.8, 4) is 0 Å². The van der Waals surface area contributed by atoms with Crippen LogP contribution >= 0.6 is 15.9 Å². The summed E-state index contributed by atoms with van der Waals surface area (Å²) >= 11 is 3.52. The van der Waals surface area contributed by atoms with Crippen molar-refractivity contribution in [2.75, 3.05) is 4.90 Å². The minimum absolute atomic E-state index is 0.0227. The first-order valence-corrected chi connectivity index (χ1v) is 9.12. The molecule has 0 N–H and O–H groups in total. The van der Waals surface area contributed by atoms with Gasteiger partial charge >= 0.3 is 0 Å². The van der Waals surface area contributed by atoms with Gasteiger partial charge in [0, 0.05) is 4.47 Å². The quantitative estimate of drug-likeness (QED) is 0.558. The van der Waals surface area contributed by atoms with Gasteiger partial charge in [-0.05, 0) is 67.2 Å². The van der Waals surface area contributed by atoms with Crippen LogP contribution in [0.1, 0.15) is 17.5 Å². The molecule has 1 aromatic rings. The molecule has 1 saturated heterocycles. The zero-order valence-corrected chi connectivity index (χ0v) is 14.7. The van der Waals surface area contributed by atoms with Crippen molar-refractivity contribution in [3.05, 3.63) is 39.9 Å². The number of imide groups is 1. The molecule has 1 aromatic carbocycles. The molecule has 6 atom stereocenters. The summed E-state index contributed by atoms with van der Waals surface area (Å²) in [6.07, 6.45) is 5.63. The molecule has 1 aliphatic heterocycles. The van der Waals surface area contributed by atoms with E-state index in [1.807, 2.05) is 26.0 Å². The van der Waals surface area contributed by atoms with Crippen LogP contribution in [-0.4, -0.2) is 11.8 Å². The molecule has 0 radical (unpaired) electrons. The number of allylic oxidation sites excluding steroid dienone is 2. The molecule has 118 valence electrons. The minimum Gasteiger partial charge on any atom is -0.274 e. The van der Waals surface area contributed by atoms with Crippen LogP contribution in [0.4, 0.5) is 5.69 Å². The van der Waals surface area contributed by atoms with Crippen molar-refractivity contribution in [2.45, 2.75) is 20.3 Å².